The summed E-state index contributed by atoms with van der Waals surface area (Å²) >= 11 is 0. The third-order valence-electron chi connectivity index (χ3n) is 2.73. The number of aryl methyl sites for hydroxylation is 1. The maximum Gasteiger partial charge on any atom is 0.0437 e. The molecule has 1 fully saturated rings. The molecule has 1 heterocycles. The van der Waals surface area contributed by atoms with Gasteiger partial charge < -0.3 is 0 Å². The van der Waals surface area contributed by atoms with Crippen molar-refractivity contribution >= 4 is 0 Å². The van der Waals surface area contributed by atoms with Gasteiger partial charge in [0.15, 0.2) is 0 Å². The molecule has 2 rings (SSSR count). The van der Waals surface area contributed by atoms with Crippen molar-refractivity contribution < 1.29 is 0 Å². The topological polar surface area (TPSA) is 12.9 Å². The van der Waals surface area contributed by atoms with Crippen LogP contribution in [0.15, 0.2) is 18.3 Å². The first kappa shape index (κ1) is 7.78. The molecule has 0 saturated heterocycles. The van der Waals surface area contributed by atoms with Crippen molar-refractivity contribution in [1.29, 1.82) is 0 Å². The van der Waals surface area contributed by atoms with Gasteiger partial charge in [0.1, 0.15) is 0 Å². The summed E-state index contributed by atoms with van der Waals surface area (Å²) in [5.41, 5.74) is 2.60. The van der Waals surface area contributed by atoms with E-state index in [1.54, 1.807) is 0 Å². The summed E-state index contributed by atoms with van der Waals surface area (Å²) in [5.74, 6) is 1.59. The van der Waals surface area contributed by atoms with Gasteiger partial charge in [-0.1, -0.05) is 6.92 Å². The first-order valence-corrected chi connectivity index (χ1v) is 4.70. The smallest absolute Gasteiger partial charge is 0.0437 e. The second kappa shape index (κ2) is 2.89. The number of aromatic nitrogens is 1. The normalized spacial score (nSPS) is 19.2. The zero-order chi connectivity index (χ0) is 8.55. The van der Waals surface area contributed by atoms with Crippen molar-refractivity contribution in [2.45, 2.75) is 32.6 Å². The van der Waals surface area contributed by atoms with Crippen LogP contribution < -0.4 is 0 Å². The first-order chi connectivity index (χ1) is 5.77. The molecule has 1 heteroatoms. The van der Waals surface area contributed by atoms with Crippen LogP contribution in [-0.2, 0) is 0 Å². The third-order valence-corrected chi connectivity index (χ3v) is 2.73. The SMILES string of the molecule is Cc1ccnc(C(C)C2CC2)c1. The second-order valence-corrected chi connectivity index (χ2v) is 3.88. The largest absolute Gasteiger partial charge is 0.261 e. The maximum atomic E-state index is 4.40. The minimum Gasteiger partial charge on any atom is -0.261 e. The lowest BCUT2D eigenvalue weighted by Crippen LogP contribution is -1.98. The van der Waals surface area contributed by atoms with Gasteiger partial charge in [-0.3, -0.25) is 4.98 Å². The highest BCUT2D eigenvalue weighted by atomic mass is 14.7. The molecule has 1 saturated carbocycles. The Morgan fingerprint density at radius 1 is 1.50 bits per heavy atom. The lowest BCUT2D eigenvalue weighted by molar-refractivity contribution is 0.643. The van der Waals surface area contributed by atoms with E-state index in [2.05, 4.69) is 31.0 Å². The van der Waals surface area contributed by atoms with Crippen molar-refractivity contribution in [3.8, 4) is 0 Å². The standard InChI is InChI=1S/C11H15N/c1-8-5-6-12-11(7-8)9(2)10-3-4-10/h5-7,9-10H,3-4H2,1-2H3. The minimum atomic E-state index is 0.671. The predicted molar refractivity (Wildman–Crippen MR) is 50.1 cm³/mol. The predicted octanol–water partition coefficient (Wildman–Crippen LogP) is 2.90. The molecule has 1 aromatic heterocycles. The van der Waals surface area contributed by atoms with Gasteiger partial charge in [-0.15, -0.1) is 0 Å². The molecule has 0 aromatic carbocycles. The van der Waals surface area contributed by atoms with Crippen molar-refractivity contribution in [3.63, 3.8) is 0 Å². The first-order valence-electron chi connectivity index (χ1n) is 4.70. The number of rotatable bonds is 2. The highest BCUT2D eigenvalue weighted by molar-refractivity contribution is 5.18. The Hall–Kier alpha value is -0.850. The van der Waals surface area contributed by atoms with Crippen LogP contribution in [-0.4, -0.2) is 4.98 Å². The van der Waals surface area contributed by atoms with E-state index in [4.69, 9.17) is 0 Å². The number of hydrogen-bond acceptors (Lipinski definition) is 1. The van der Waals surface area contributed by atoms with E-state index in [0.29, 0.717) is 5.92 Å². The summed E-state index contributed by atoms with van der Waals surface area (Å²) in [7, 11) is 0. The Morgan fingerprint density at radius 2 is 2.25 bits per heavy atom. The highest BCUT2D eigenvalue weighted by Crippen LogP contribution is 2.41. The van der Waals surface area contributed by atoms with Crippen LogP contribution in [0.3, 0.4) is 0 Å². The van der Waals surface area contributed by atoms with E-state index < -0.39 is 0 Å². The van der Waals surface area contributed by atoms with Crippen LogP contribution in [0.2, 0.25) is 0 Å². The average Bonchev–Trinajstić information content (AvgIpc) is 2.85. The minimum absolute atomic E-state index is 0.671. The van der Waals surface area contributed by atoms with Crippen LogP contribution >= 0.6 is 0 Å². The summed E-state index contributed by atoms with van der Waals surface area (Å²) in [5, 5.41) is 0. The Bertz CT molecular complexity index is 276. The summed E-state index contributed by atoms with van der Waals surface area (Å²) in [6, 6.07) is 4.27. The van der Waals surface area contributed by atoms with Gasteiger partial charge in [0.25, 0.3) is 0 Å². The summed E-state index contributed by atoms with van der Waals surface area (Å²) < 4.78 is 0. The number of pyridine rings is 1. The molecule has 12 heavy (non-hydrogen) atoms. The molecule has 1 aliphatic carbocycles. The molecule has 0 spiro atoms. The fourth-order valence-electron chi connectivity index (χ4n) is 1.65. The molecule has 64 valence electrons. The van der Waals surface area contributed by atoms with E-state index in [9.17, 15) is 0 Å². The van der Waals surface area contributed by atoms with Gasteiger partial charge in [0, 0.05) is 17.8 Å². The molecule has 1 aromatic rings. The maximum absolute atomic E-state index is 4.40. The third kappa shape index (κ3) is 1.50. The molecule has 1 aliphatic rings. The fourth-order valence-corrected chi connectivity index (χ4v) is 1.65. The zero-order valence-corrected chi connectivity index (χ0v) is 7.75. The number of nitrogens with zero attached hydrogens (tertiary/aromatic N) is 1. The van der Waals surface area contributed by atoms with E-state index in [0.717, 1.165) is 5.92 Å². The van der Waals surface area contributed by atoms with Crippen LogP contribution in [0.25, 0.3) is 0 Å². The van der Waals surface area contributed by atoms with Gasteiger partial charge in [-0.25, -0.2) is 0 Å². The van der Waals surface area contributed by atoms with Crippen LogP contribution in [0.4, 0.5) is 0 Å². The fraction of sp³-hybridized carbons (Fsp3) is 0.545. The molecule has 0 radical (unpaired) electrons. The van der Waals surface area contributed by atoms with E-state index in [1.165, 1.54) is 24.1 Å². The molecular formula is C11H15N. The second-order valence-electron chi connectivity index (χ2n) is 3.88. The molecule has 1 atom stereocenters. The van der Waals surface area contributed by atoms with Gasteiger partial charge in [0.05, 0.1) is 0 Å². The molecule has 0 amide bonds. The van der Waals surface area contributed by atoms with Gasteiger partial charge in [0.2, 0.25) is 0 Å². The highest BCUT2D eigenvalue weighted by Gasteiger charge is 2.29. The van der Waals surface area contributed by atoms with E-state index >= 15 is 0 Å². The summed E-state index contributed by atoms with van der Waals surface area (Å²) in [6.45, 7) is 4.42. The lowest BCUT2D eigenvalue weighted by Gasteiger charge is -2.08. The molecule has 1 unspecified atom stereocenters. The van der Waals surface area contributed by atoms with Gasteiger partial charge >= 0.3 is 0 Å². The van der Waals surface area contributed by atoms with Crippen molar-refractivity contribution in [3.05, 3.63) is 29.6 Å². The van der Waals surface area contributed by atoms with Crippen LogP contribution in [0, 0.1) is 12.8 Å². The molecule has 0 N–H and O–H groups in total. The van der Waals surface area contributed by atoms with Crippen molar-refractivity contribution in [2.75, 3.05) is 0 Å². The van der Waals surface area contributed by atoms with Crippen LogP contribution in [0.1, 0.15) is 36.9 Å². The average molecular weight is 161 g/mol. The lowest BCUT2D eigenvalue weighted by atomic mass is 10.0. The molecule has 1 nitrogen and oxygen atoms in total. The summed E-state index contributed by atoms with van der Waals surface area (Å²) in [4.78, 5) is 4.40. The Balaban J connectivity index is 2.20. The monoisotopic (exact) mass is 161 g/mol. The Labute approximate surface area is 73.8 Å². The van der Waals surface area contributed by atoms with Crippen LogP contribution in [0.5, 0.6) is 0 Å². The van der Waals surface area contributed by atoms with Crippen molar-refractivity contribution in [2.24, 2.45) is 5.92 Å². The van der Waals surface area contributed by atoms with Gasteiger partial charge in [-0.2, -0.15) is 0 Å². The Kier molecular flexibility index (Phi) is 1.87. The van der Waals surface area contributed by atoms with E-state index in [1.807, 2.05) is 6.20 Å². The molecule has 0 aliphatic heterocycles. The zero-order valence-electron chi connectivity index (χ0n) is 7.75. The van der Waals surface area contributed by atoms with Gasteiger partial charge in [-0.05, 0) is 43.4 Å². The number of hydrogen-bond donors (Lipinski definition) is 0. The Morgan fingerprint density at radius 3 is 2.83 bits per heavy atom. The quantitative estimate of drug-likeness (QED) is 0.650. The summed E-state index contributed by atoms with van der Waals surface area (Å²) in [6.07, 6.45) is 4.72. The van der Waals surface area contributed by atoms with E-state index in [-0.39, 0.29) is 0 Å². The van der Waals surface area contributed by atoms with Crippen molar-refractivity contribution in [1.82, 2.24) is 4.98 Å². The molecular weight excluding hydrogens is 146 g/mol. The molecule has 0 bridgehead atoms.